The van der Waals surface area contributed by atoms with Crippen molar-refractivity contribution in [3.8, 4) is 0 Å². The van der Waals surface area contributed by atoms with Crippen molar-refractivity contribution >= 4 is 5.91 Å². The van der Waals surface area contributed by atoms with Gasteiger partial charge in [0.05, 0.1) is 6.04 Å². The second kappa shape index (κ2) is 8.88. The first-order valence-electron chi connectivity index (χ1n) is 9.24. The van der Waals surface area contributed by atoms with Crippen LogP contribution in [0.4, 0.5) is 0 Å². The molecule has 0 aliphatic carbocycles. The van der Waals surface area contributed by atoms with Gasteiger partial charge in [0, 0.05) is 32.3 Å². The molecule has 0 aromatic rings. The standard InChI is InChI=1S/C18H34N2O2/c1-4-15-6-5-10-20(11-7-15)18(21)17(14(2)3)19-16-8-12-22-13-9-16/h14-17,19H,4-13H2,1-3H3/t15-,17+/m0/s1. The van der Waals surface area contributed by atoms with Gasteiger partial charge in [-0.25, -0.2) is 0 Å². The van der Waals surface area contributed by atoms with Gasteiger partial charge in [-0.2, -0.15) is 0 Å². The van der Waals surface area contributed by atoms with Gasteiger partial charge in [-0.15, -0.1) is 0 Å². The van der Waals surface area contributed by atoms with Crippen molar-refractivity contribution in [2.75, 3.05) is 26.3 Å². The molecule has 2 aliphatic rings. The highest BCUT2D eigenvalue weighted by atomic mass is 16.5. The number of hydrogen-bond donors (Lipinski definition) is 1. The summed E-state index contributed by atoms with van der Waals surface area (Å²) in [4.78, 5) is 15.1. The highest BCUT2D eigenvalue weighted by Gasteiger charge is 2.30. The second-order valence-corrected chi connectivity index (χ2v) is 7.31. The third-order valence-corrected chi connectivity index (χ3v) is 5.31. The van der Waals surface area contributed by atoms with Crippen LogP contribution in [0.25, 0.3) is 0 Å². The maximum Gasteiger partial charge on any atom is 0.239 e. The molecule has 1 amide bonds. The lowest BCUT2D eigenvalue weighted by atomic mass is 9.98. The second-order valence-electron chi connectivity index (χ2n) is 7.31. The highest BCUT2D eigenvalue weighted by molar-refractivity contribution is 5.82. The first-order chi connectivity index (χ1) is 10.6. The van der Waals surface area contributed by atoms with Crippen molar-refractivity contribution in [3.05, 3.63) is 0 Å². The van der Waals surface area contributed by atoms with Crippen LogP contribution in [0.15, 0.2) is 0 Å². The third-order valence-electron chi connectivity index (χ3n) is 5.31. The number of nitrogens with one attached hydrogen (secondary N) is 1. The lowest BCUT2D eigenvalue weighted by Gasteiger charge is -2.33. The number of likely N-dealkylation sites (tertiary alicyclic amines) is 1. The van der Waals surface area contributed by atoms with Gasteiger partial charge in [-0.3, -0.25) is 4.79 Å². The van der Waals surface area contributed by atoms with Crippen LogP contribution < -0.4 is 5.32 Å². The molecule has 2 aliphatic heterocycles. The molecule has 0 bridgehead atoms. The van der Waals surface area contributed by atoms with E-state index >= 15 is 0 Å². The molecular weight excluding hydrogens is 276 g/mol. The number of carbonyl (C=O) groups excluding carboxylic acids is 1. The Kier molecular flexibility index (Phi) is 7.16. The van der Waals surface area contributed by atoms with Crippen molar-refractivity contribution in [1.82, 2.24) is 10.2 Å². The molecule has 0 spiro atoms. The molecule has 1 N–H and O–H groups in total. The van der Waals surface area contributed by atoms with Crippen LogP contribution in [-0.2, 0) is 9.53 Å². The number of ether oxygens (including phenoxy) is 1. The summed E-state index contributed by atoms with van der Waals surface area (Å²) >= 11 is 0. The molecule has 22 heavy (non-hydrogen) atoms. The zero-order valence-corrected chi connectivity index (χ0v) is 14.6. The van der Waals surface area contributed by atoms with E-state index in [0.29, 0.717) is 17.9 Å². The molecule has 0 aromatic carbocycles. The Labute approximate surface area is 136 Å². The van der Waals surface area contributed by atoms with Gasteiger partial charge in [0.25, 0.3) is 0 Å². The van der Waals surface area contributed by atoms with Gasteiger partial charge in [-0.05, 0) is 43.9 Å². The third kappa shape index (κ3) is 4.95. The maximum atomic E-state index is 13.0. The molecule has 0 unspecified atom stereocenters. The van der Waals surface area contributed by atoms with E-state index in [0.717, 1.165) is 51.5 Å². The molecule has 2 rings (SSSR count). The van der Waals surface area contributed by atoms with Crippen molar-refractivity contribution in [1.29, 1.82) is 0 Å². The number of carbonyl (C=O) groups is 1. The number of hydrogen-bond acceptors (Lipinski definition) is 3. The fraction of sp³-hybridized carbons (Fsp3) is 0.944. The summed E-state index contributed by atoms with van der Waals surface area (Å²) in [6, 6.07) is 0.391. The van der Waals surface area contributed by atoms with Gasteiger partial charge >= 0.3 is 0 Å². The summed E-state index contributed by atoms with van der Waals surface area (Å²) in [7, 11) is 0. The Hall–Kier alpha value is -0.610. The molecular formula is C18H34N2O2. The minimum Gasteiger partial charge on any atom is -0.381 e. The zero-order valence-electron chi connectivity index (χ0n) is 14.6. The predicted octanol–water partition coefficient (Wildman–Crippen LogP) is 2.82. The monoisotopic (exact) mass is 310 g/mol. The molecule has 128 valence electrons. The normalized spacial score (nSPS) is 26.0. The summed E-state index contributed by atoms with van der Waals surface area (Å²) < 4.78 is 5.42. The predicted molar refractivity (Wildman–Crippen MR) is 89.8 cm³/mol. The molecule has 4 nitrogen and oxygen atoms in total. The molecule has 0 aromatic heterocycles. The molecule has 0 radical (unpaired) electrons. The van der Waals surface area contributed by atoms with E-state index in [1.807, 2.05) is 0 Å². The van der Waals surface area contributed by atoms with Crippen molar-refractivity contribution in [3.63, 3.8) is 0 Å². The van der Waals surface area contributed by atoms with E-state index in [1.165, 1.54) is 19.3 Å². The molecule has 0 saturated carbocycles. The summed E-state index contributed by atoms with van der Waals surface area (Å²) in [6.07, 6.45) is 6.90. The van der Waals surface area contributed by atoms with Gasteiger partial charge in [0.15, 0.2) is 0 Å². The van der Waals surface area contributed by atoms with Crippen LogP contribution >= 0.6 is 0 Å². The van der Waals surface area contributed by atoms with Gasteiger partial charge < -0.3 is 15.0 Å². The van der Waals surface area contributed by atoms with Crippen LogP contribution in [0.5, 0.6) is 0 Å². The fourth-order valence-corrected chi connectivity index (χ4v) is 3.66. The lowest BCUT2D eigenvalue weighted by molar-refractivity contribution is -0.135. The molecule has 2 saturated heterocycles. The lowest BCUT2D eigenvalue weighted by Crippen LogP contribution is -2.53. The molecule has 2 heterocycles. The molecule has 2 atom stereocenters. The van der Waals surface area contributed by atoms with Gasteiger partial charge in [0.2, 0.25) is 5.91 Å². The van der Waals surface area contributed by atoms with E-state index in [1.54, 1.807) is 0 Å². The van der Waals surface area contributed by atoms with Crippen molar-refractivity contribution in [2.45, 2.75) is 71.4 Å². The Morgan fingerprint density at radius 2 is 1.91 bits per heavy atom. The summed E-state index contributed by atoms with van der Waals surface area (Å²) in [5.41, 5.74) is 0. The summed E-state index contributed by atoms with van der Waals surface area (Å²) in [5.74, 6) is 1.46. The van der Waals surface area contributed by atoms with Crippen LogP contribution in [-0.4, -0.2) is 49.2 Å². The summed E-state index contributed by atoms with van der Waals surface area (Å²) in [6.45, 7) is 10.1. The average Bonchev–Trinajstić information content (AvgIpc) is 2.78. The topological polar surface area (TPSA) is 41.6 Å². The average molecular weight is 310 g/mol. The van der Waals surface area contributed by atoms with E-state index in [9.17, 15) is 4.79 Å². The smallest absolute Gasteiger partial charge is 0.239 e. The van der Waals surface area contributed by atoms with Crippen LogP contribution in [0, 0.1) is 11.8 Å². The molecule has 4 heteroatoms. The maximum absolute atomic E-state index is 13.0. The Morgan fingerprint density at radius 1 is 1.18 bits per heavy atom. The van der Waals surface area contributed by atoms with Crippen molar-refractivity contribution < 1.29 is 9.53 Å². The van der Waals surface area contributed by atoms with E-state index in [2.05, 4.69) is 31.0 Å². The SMILES string of the molecule is CC[C@H]1CCCN(C(=O)[C@H](NC2CCOCC2)C(C)C)CC1. The van der Waals surface area contributed by atoms with Gasteiger partial charge in [-0.1, -0.05) is 27.2 Å². The van der Waals surface area contributed by atoms with Crippen LogP contribution in [0.1, 0.15) is 59.3 Å². The van der Waals surface area contributed by atoms with Crippen LogP contribution in [0.3, 0.4) is 0 Å². The largest absolute Gasteiger partial charge is 0.381 e. The van der Waals surface area contributed by atoms with E-state index in [4.69, 9.17) is 4.74 Å². The Balaban J connectivity index is 1.93. The van der Waals surface area contributed by atoms with Crippen LogP contribution in [0.2, 0.25) is 0 Å². The fourth-order valence-electron chi connectivity index (χ4n) is 3.66. The minimum absolute atomic E-state index is 0.0405. The van der Waals surface area contributed by atoms with Gasteiger partial charge in [0.1, 0.15) is 0 Å². The highest BCUT2D eigenvalue weighted by Crippen LogP contribution is 2.22. The number of rotatable bonds is 5. The van der Waals surface area contributed by atoms with E-state index < -0.39 is 0 Å². The molecule has 2 fully saturated rings. The Bertz CT molecular complexity index is 340. The first-order valence-corrected chi connectivity index (χ1v) is 9.24. The van der Waals surface area contributed by atoms with E-state index in [-0.39, 0.29) is 6.04 Å². The quantitative estimate of drug-likeness (QED) is 0.849. The Morgan fingerprint density at radius 3 is 2.55 bits per heavy atom. The summed E-state index contributed by atoms with van der Waals surface area (Å²) in [5, 5.41) is 3.63. The van der Waals surface area contributed by atoms with Crippen molar-refractivity contribution in [2.24, 2.45) is 11.8 Å². The number of nitrogens with zero attached hydrogens (tertiary/aromatic N) is 1. The minimum atomic E-state index is -0.0405. The zero-order chi connectivity index (χ0) is 15.9. The first kappa shape index (κ1) is 17.7. The number of amides is 1.